The number of benzene rings is 2. The number of carbonyl (C=O) groups excluding carboxylic acids is 1. The van der Waals surface area contributed by atoms with Gasteiger partial charge in [0.1, 0.15) is 0 Å². The molecular weight excluding hydrogens is 260 g/mol. The molecule has 0 saturated carbocycles. The molecule has 2 aromatic rings. The normalized spacial score (nSPS) is 11.9. The van der Waals surface area contributed by atoms with Gasteiger partial charge in [0.15, 0.2) is 0 Å². The summed E-state index contributed by atoms with van der Waals surface area (Å²) in [4.78, 5) is 11.9. The maximum atomic E-state index is 11.9. The molecule has 0 aromatic heterocycles. The van der Waals surface area contributed by atoms with Crippen molar-refractivity contribution in [3.05, 3.63) is 71.3 Å². The highest BCUT2D eigenvalue weighted by Crippen LogP contribution is 2.08. The van der Waals surface area contributed by atoms with E-state index in [1.165, 1.54) is 11.1 Å². The first kappa shape index (κ1) is 15.3. The number of amides is 1. The van der Waals surface area contributed by atoms with E-state index in [9.17, 15) is 4.79 Å². The van der Waals surface area contributed by atoms with Crippen LogP contribution < -0.4 is 11.1 Å². The minimum absolute atomic E-state index is 0.0435. The zero-order valence-electron chi connectivity index (χ0n) is 12.4. The van der Waals surface area contributed by atoms with Crippen LogP contribution in [0.4, 0.5) is 0 Å². The molecule has 21 heavy (non-hydrogen) atoms. The summed E-state index contributed by atoms with van der Waals surface area (Å²) in [5.41, 5.74) is 9.51. The molecule has 0 aliphatic heterocycles. The predicted octanol–water partition coefficient (Wildman–Crippen LogP) is 2.74. The highest BCUT2D eigenvalue weighted by molar-refractivity contribution is 5.76. The third kappa shape index (κ3) is 5.04. The summed E-state index contributed by atoms with van der Waals surface area (Å²) >= 11 is 0. The molecule has 3 nitrogen and oxygen atoms in total. The first-order valence-corrected chi connectivity index (χ1v) is 7.28. The van der Waals surface area contributed by atoms with Crippen molar-refractivity contribution in [1.82, 2.24) is 5.32 Å². The zero-order valence-corrected chi connectivity index (χ0v) is 12.4. The Kier molecular flexibility index (Phi) is 5.52. The molecule has 0 aliphatic carbocycles. The fourth-order valence-corrected chi connectivity index (χ4v) is 2.14. The van der Waals surface area contributed by atoms with Crippen LogP contribution in [0.25, 0.3) is 0 Å². The Balaban J connectivity index is 1.73. The molecule has 0 radical (unpaired) electrons. The van der Waals surface area contributed by atoms with Crippen molar-refractivity contribution in [2.45, 2.75) is 25.8 Å². The number of nitrogens with one attached hydrogen (secondary N) is 1. The lowest BCUT2D eigenvalue weighted by molar-refractivity contribution is -0.121. The molecule has 110 valence electrons. The van der Waals surface area contributed by atoms with Crippen LogP contribution in [0, 0.1) is 6.92 Å². The van der Waals surface area contributed by atoms with Crippen LogP contribution in [-0.2, 0) is 11.2 Å². The van der Waals surface area contributed by atoms with E-state index in [1.807, 2.05) is 30.3 Å². The van der Waals surface area contributed by atoms with Gasteiger partial charge >= 0.3 is 0 Å². The van der Waals surface area contributed by atoms with Crippen LogP contribution in [-0.4, -0.2) is 12.5 Å². The Labute approximate surface area is 126 Å². The number of rotatable bonds is 6. The molecule has 2 aromatic carbocycles. The predicted molar refractivity (Wildman–Crippen MR) is 85.9 cm³/mol. The van der Waals surface area contributed by atoms with Gasteiger partial charge in [-0.05, 0) is 24.5 Å². The van der Waals surface area contributed by atoms with Crippen molar-refractivity contribution in [2.75, 3.05) is 6.54 Å². The third-order valence-corrected chi connectivity index (χ3v) is 3.51. The van der Waals surface area contributed by atoms with Gasteiger partial charge in [-0.15, -0.1) is 0 Å². The summed E-state index contributed by atoms with van der Waals surface area (Å²) < 4.78 is 0. The summed E-state index contributed by atoms with van der Waals surface area (Å²) in [5, 5.41) is 2.90. The standard InChI is InChI=1S/C18H22N2O/c1-14-7-9-15(10-8-14)11-12-18(21)20-13-17(19)16-5-3-2-4-6-16/h2-10,17H,11-13,19H2,1H3,(H,20,21). The smallest absolute Gasteiger partial charge is 0.220 e. The number of carbonyl (C=O) groups is 1. The van der Waals surface area contributed by atoms with Gasteiger partial charge in [-0.2, -0.15) is 0 Å². The molecule has 1 atom stereocenters. The summed E-state index contributed by atoms with van der Waals surface area (Å²) in [6.45, 7) is 2.53. The van der Waals surface area contributed by atoms with Gasteiger partial charge in [-0.3, -0.25) is 4.79 Å². The molecule has 3 heteroatoms. The molecular formula is C18H22N2O. The molecule has 2 rings (SSSR count). The van der Waals surface area contributed by atoms with Gasteiger partial charge in [-0.25, -0.2) is 0 Å². The second kappa shape index (κ2) is 7.60. The average molecular weight is 282 g/mol. The molecule has 1 unspecified atom stereocenters. The molecule has 0 saturated heterocycles. The van der Waals surface area contributed by atoms with E-state index in [2.05, 4.69) is 36.5 Å². The molecule has 3 N–H and O–H groups in total. The third-order valence-electron chi connectivity index (χ3n) is 3.51. The van der Waals surface area contributed by atoms with Crippen LogP contribution in [0.15, 0.2) is 54.6 Å². The highest BCUT2D eigenvalue weighted by atomic mass is 16.1. The van der Waals surface area contributed by atoms with Crippen molar-refractivity contribution >= 4 is 5.91 Å². The number of aryl methyl sites for hydroxylation is 2. The van der Waals surface area contributed by atoms with Crippen molar-refractivity contribution < 1.29 is 4.79 Å². The molecule has 0 fully saturated rings. The van der Waals surface area contributed by atoms with Gasteiger partial charge in [-0.1, -0.05) is 60.2 Å². The molecule has 0 aliphatic rings. The van der Waals surface area contributed by atoms with Crippen LogP contribution in [0.5, 0.6) is 0 Å². The minimum atomic E-state index is -0.158. The minimum Gasteiger partial charge on any atom is -0.354 e. The van der Waals surface area contributed by atoms with Gasteiger partial charge in [0, 0.05) is 19.0 Å². The lowest BCUT2D eigenvalue weighted by atomic mass is 10.1. The Morgan fingerprint density at radius 2 is 1.76 bits per heavy atom. The topological polar surface area (TPSA) is 55.1 Å². The number of hydrogen-bond acceptors (Lipinski definition) is 2. The van der Waals surface area contributed by atoms with E-state index >= 15 is 0 Å². The van der Waals surface area contributed by atoms with Crippen LogP contribution in [0.1, 0.15) is 29.2 Å². The van der Waals surface area contributed by atoms with Gasteiger partial charge < -0.3 is 11.1 Å². The van der Waals surface area contributed by atoms with E-state index in [4.69, 9.17) is 5.73 Å². The molecule has 0 bridgehead atoms. The van der Waals surface area contributed by atoms with Crippen molar-refractivity contribution in [3.63, 3.8) is 0 Å². The van der Waals surface area contributed by atoms with Gasteiger partial charge in [0.25, 0.3) is 0 Å². The SMILES string of the molecule is Cc1ccc(CCC(=O)NCC(N)c2ccccc2)cc1. The van der Waals surface area contributed by atoms with Crippen molar-refractivity contribution in [2.24, 2.45) is 5.73 Å². The van der Waals surface area contributed by atoms with Gasteiger partial charge in [0.2, 0.25) is 5.91 Å². The quantitative estimate of drug-likeness (QED) is 0.856. The number of nitrogens with two attached hydrogens (primary N) is 1. The second-order valence-corrected chi connectivity index (χ2v) is 5.31. The largest absolute Gasteiger partial charge is 0.354 e. The van der Waals surface area contributed by atoms with E-state index in [0.717, 1.165) is 12.0 Å². The maximum absolute atomic E-state index is 11.9. The molecule has 0 heterocycles. The Morgan fingerprint density at radius 1 is 1.10 bits per heavy atom. The maximum Gasteiger partial charge on any atom is 0.220 e. The lowest BCUT2D eigenvalue weighted by Crippen LogP contribution is -2.32. The monoisotopic (exact) mass is 282 g/mol. The van der Waals surface area contributed by atoms with E-state index < -0.39 is 0 Å². The Morgan fingerprint density at radius 3 is 2.43 bits per heavy atom. The fraction of sp³-hybridized carbons (Fsp3) is 0.278. The summed E-state index contributed by atoms with van der Waals surface area (Å²) in [5.74, 6) is 0.0435. The Bertz CT molecular complexity index is 564. The Hall–Kier alpha value is -2.13. The molecule has 0 spiro atoms. The summed E-state index contributed by atoms with van der Waals surface area (Å²) in [6.07, 6.45) is 1.25. The summed E-state index contributed by atoms with van der Waals surface area (Å²) in [7, 11) is 0. The number of hydrogen-bond donors (Lipinski definition) is 2. The van der Waals surface area contributed by atoms with Crippen molar-refractivity contribution in [3.8, 4) is 0 Å². The van der Waals surface area contributed by atoms with Gasteiger partial charge in [0.05, 0.1) is 0 Å². The molecule has 1 amide bonds. The van der Waals surface area contributed by atoms with Crippen LogP contribution >= 0.6 is 0 Å². The lowest BCUT2D eigenvalue weighted by Gasteiger charge is -2.13. The summed E-state index contributed by atoms with van der Waals surface area (Å²) in [6, 6.07) is 17.9. The van der Waals surface area contributed by atoms with E-state index in [0.29, 0.717) is 13.0 Å². The highest BCUT2D eigenvalue weighted by Gasteiger charge is 2.07. The first-order chi connectivity index (χ1) is 10.1. The van der Waals surface area contributed by atoms with Crippen LogP contribution in [0.2, 0.25) is 0 Å². The van der Waals surface area contributed by atoms with Crippen molar-refractivity contribution in [1.29, 1.82) is 0 Å². The zero-order chi connectivity index (χ0) is 15.1. The fourth-order valence-electron chi connectivity index (χ4n) is 2.14. The van der Waals surface area contributed by atoms with E-state index in [-0.39, 0.29) is 11.9 Å². The van der Waals surface area contributed by atoms with Crippen LogP contribution in [0.3, 0.4) is 0 Å². The first-order valence-electron chi connectivity index (χ1n) is 7.28. The van der Waals surface area contributed by atoms with E-state index in [1.54, 1.807) is 0 Å². The average Bonchev–Trinajstić information content (AvgIpc) is 2.53. The second-order valence-electron chi connectivity index (χ2n) is 5.31.